The molecule has 6 nitrogen and oxygen atoms in total. The average molecular weight is 401 g/mol. The summed E-state index contributed by atoms with van der Waals surface area (Å²) < 4.78 is 5.62. The normalized spacial score (nSPS) is 22.0. The van der Waals surface area contributed by atoms with Gasteiger partial charge in [0.2, 0.25) is 0 Å². The predicted octanol–water partition coefficient (Wildman–Crippen LogP) is 3.27. The zero-order valence-electron chi connectivity index (χ0n) is 16.3. The van der Waals surface area contributed by atoms with Crippen LogP contribution in [-0.4, -0.2) is 43.2 Å². The quantitative estimate of drug-likeness (QED) is 0.823. The summed E-state index contributed by atoms with van der Waals surface area (Å²) in [5, 5.41) is 4.05. The van der Waals surface area contributed by atoms with Crippen LogP contribution in [0, 0.1) is 0 Å². The minimum atomic E-state index is -0.0942. The van der Waals surface area contributed by atoms with Crippen LogP contribution in [0.2, 0.25) is 0 Å². The highest BCUT2D eigenvalue weighted by atomic mass is 32.1. The molecular weight excluding hydrogens is 372 g/mol. The number of aryl methyl sites for hydroxylation is 1. The van der Waals surface area contributed by atoms with Crippen LogP contribution in [-0.2, 0) is 17.6 Å². The van der Waals surface area contributed by atoms with Gasteiger partial charge in [0.05, 0.1) is 11.8 Å². The fourth-order valence-electron chi connectivity index (χ4n) is 4.84. The molecule has 2 saturated heterocycles. The molecule has 2 fully saturated rings. The molecule has 3 N–H and O–H groups in total. The zero-order chi connectivity index (χ0) is 19.1. The van der Waals surface area contributed by atoms with Gasteiger partial charge >= 0.3 is 0 Å². The Bertz CT molecular complexity index is 898. The minimum Gasteiger partial charge on any atom is -0.397 e. The van der Waals surface area contributed by atoms with E-state index in [-0.39, 0.29) is 12.0 Å². The molecule has 1 unspecified atom stereocenters. The van der Waals surface area contributed by atoms with E-state index in [4.69, 9.17) is 15.5 Å². The molecule has 4 heterocycles. The summed E-state index contributed by atoms with van der Waals surface area (Å²) in [7, 11) is 0. The highest BCUT2D eigenvalue weighted by Crippen LogP contribution is 2.42. The summed E-state index contributed by atoms with van der Waals surface area (Å²) in [6.45, 7) is 3.51. The van der Waals surface area contributed by atoms with Crippen molar-refractivity contribution in [3.05, 3.63) is 16.0 Å². The fraction of sp³-hybridized carbons (Fsp3) is 0.619. The largest absolute Gasteiger partial charge is 0.397 e. The first-order valence-corrected chi connectivity index (χ1v) is 11.4. The third-order valence-electron chi connectivity index (χ3n) is 6.30. The van der Waals surface area contributed by atoms with Crippen LogP contribution in [0.5, 0.6) is 0 Å². The topological polar surface area (TPSA) is 80.5 Å². The molecule has 2 aromatic heterocycles. The Morgan fingerprint density at radius 3 is 2.71 bits per heavy atom. The van der Waals surface area contributed by atoms with Crippen LogP contribution < -0.4 is 16.0 Å². The van der Waals surface area contributed by atoms with E-state index in [0.29, 0.717) is 17.1 Å². The first kappa shape index (κ1) is 18.2. The summed E-state index contributed by atoms with van der Waals surface area (Å²) in [6, 6.07) is 0. The molecule has 0 saturated carbocycles. The molecule has 28 heavy (non-hydrogen) atoms. The van der Waals surface area contributed by atoms with E-state index in [1.54, 1.807) is 0 Å². The molecule has 0 aromatic carbocycles. The molecule has 3 aliphatic rings. The summed E-state index contributed by atoms with van der Waals surface area (Å²) in [4.78, 5) is 21.8. The summed E-state index contributed by atoms with van der Waals surface area (Å²) in [5.74, 6) is 1.05. The van der Waals surface area contributed by atoms with Crippen molar-refractivity contribution >= 4 is 39.0 Å². The number of carbonyl (C=O) groups is 1. The number of thiophene rings is 1. The molecule has 1 aliphatic carbocycles. The van der Waals surface area contributed by atoms with Gasteiger partial charge in [0.1, 0.15) is 15.5 Å². The molecule has 2 aliphatic heterocycles. The highest BCUT2D eigenvalue weighted by Gasteiger charge is 2.28. The average Bonchev–Trinajstić information content (AvgIpc) is 3.47. The van der Waals surface area contributed by atoms with Gasteiger partial charge in [-0.15, -0.1) is 11.3 Å². The van der Waals surface area contributed by atoms with Crippen molar-refractivity contribution in [3.63, 3.8) is 0 Å². The molecule has 1 amide bonds. The van der Waals surface area contributed by atoms with E-state index in [2.05, 4.69) is 10.2 Å². The number of aromatic nitrogens is 1. The van der Waals surface area contributed by atoms with Gasteiger partial charge in [0.15, 0.2) is 0 Å². The summed E-state index contributed by atoms with van der Waals surface area (Å²) >= 11 is 1.44. The van der Waals surface area contributed by atoms with Crippen LogP contribution in [0.3, 0.4) is 0 Å². The number of fused-ring (bicyclic) bond motifs is 3. The van der Waals surface area contributed by atoms with Crippen molar-refractivity contribution in [1.29, 1.82) is 0 Å². The number of nitrogen functional groups attached to an aromatic ring is 1. The van der Waals surface area contributed by atoms with Crippen LogP contribution in [0.15, 0.2) is 0 Å². The van der Waals surface area contributed by atoms with E-state index in [0.717, 1.165) is 61.4 Å². The molecule has 5 rings (SSSR count). The summed E-state index contributed by atoms with van der Waals surface area (Å²) in [6.07, 6.45) is 9.17. The first-order valence-electron chi connectivity index (χ1n) is 10.6. The number of nitrogens with zero attached hydrogens (tertiary/aromatic N) is 2. The van der Waals surface area contributed by atoms with Crippen LogP contribution in [0.4, 0.5) is 11.5 Å². The summed E-state index contributed by atoms with van der Waals surface area (Å²) in [5.41, 5.74) is 9.84. The minimum absolute atomic E-state index is 0.0942. The SMILES string of the molecule is Nc1c(C(=O)NCC2CCCO2)sc2nc(N3CCCC3)c3c(c12)CCCC3. The van der Waals surface area contributed by atoms with Crippen LogP contribution >= 0.6 is 11.3 Å². The Morgan fingerprint density at radius 2 is 1.96 bits per heavy atom. The third kappa shape index (κ3) is 3.14. The smallest absolute Gasteiger partial charge is 0.263 e. The maximum atomic E-state index is 12.8. The number of ether oxygens (including phenoxy) is 1. The Morgan fingerprint density at radius 1 is 1.18 bits per heavy atom. The van der Waals surface area contributed by atoms with Gasteiger partial charge in [0, 0.05) is 31.6 Å². The third-order valence-corrected chi connectivity index (χ3v) is 7.40. The van der Waals surface area contributed by atoms with Gasteiger partial charge in [-0.25, -0.2) is 4.98 Å². The van der Waals surface area contributed by atoms with Crippen molar-refractivity contribution in [2.24, 2.45) is 0 Å². The number of hydrogen-bond donors (Lipinski definition) is 2. The molecule has 0 bridgehead atoms. The standard InChI is InChI=1S/C21H28N4O2S/c22-17-16-14-7-1-2-8-15(14)19(25-9-3-4-10-25)24-21(16)28-18(17)20(26)23-12-13-6-5-11-27-13/h13H,1-12,22H2,(H,23,26). The van der Waals surface area contributed by atoms with Gasteiger partial charge in [-0.1, -0.05) is 0 Å². The lowest BCUT2D eigenvalue weighted by molar-refractivity contribution is 0.0862. The van der Waals surface area contributed by atoms with Gasteiger partial charge in [-0.3, -0.25) is 4.79 Å². The number of hydrogen-bond acceptors (Lipinski definition) is 6. The molecular formula is C21H28N4O2S. The van der Waals surface area contributed by atoms with Gasteiger partial charge in [-0.05, 0) is 62.5 Å². The maximum Gasteiger partial charge on any atom is 0.263 e. The van der Waals surface area contributed by atoms with Crippen molar-refractivity contribution in [1.82, 2.24) is 10.3 Å². The van der Waals surface area contributed by atoms with Gasteiger partial charge < -0.3 is 20.7 Å². The number of carbonyl (C=O) groups excluding carboxylic acids is 1. The Kier molecular flexibility index (Phi) is 4.88. The van der Waals surface area contributed by atoms with E-state index < -0.39 is 0 Å². The van der Waals surface area contributed by atoms with E-state index in [9.17, 15) is 4.79 Å². The second-order valence-corrected chi connectivity index (χ2v) is 9.16. The van der Waals surface area contributed by atoms with Crippen molar-refractivity contribution in [2.75, 3.05) is 36.9 Å². The lowest BCUT2D eigenvalue weighted by Crippen LogP contribution is -2.31. The highest BCUT2D eigenvalue weighted by molar-refractivity contribution is 7.21. The van der Waals surface area contributed by atoms with E-state index >= 15 is 0 Å². The van der Waals surface area contributed by atoms with Gasteiger partial charge in [-0.2, -0.15) is 0 Å². The molecule has 7 heteroatoms. The number of pyridine rings is 1. The zero-order valence-corrected chi connectivity index (χ0v) is 17.1. The van der Waals surface area contributed by atoms with Crippen molar-refractivity contribution < 1.29 is 9.53 Å². The number of amides is 1. The lowest BCUT2D eigenvalue weighted by Gasteiger charge is -2.25. The van der Waals surface area contributed by atoms with Crippen molar-refractivity contribution in [3.8, 4) is 0 Å². The van der Waals surface area contributed by atoms with E-state index in [1.807, 2.05) is 0 Å². The Labute approximate surface area is 169 Å². The molecule has 150 valence electrons. The molecule has 1 atom stereocenters. The van der Waals surface area contributed by atoms with Gasteiger partial charge in [0.25, 0.3) is 5.91 Å². The monoisotopic (exact) mass is 400 g/mol. The number of nitrogens with one attached hydrogen (secondary N) is 1. The number of nitrogens with two attached hydrogens (primary N) is 1. The first-order chi connectivity index (χ1) is 13.7. The second-order valence-electron chi connectivity index (χ2n) is 8.16. The fourth-order valence-corrected chi connectivity index (χ4v) is 5.88. The van der Waals surface area contributed by atoms with Crippen molar-refractivity contribution in [2.45, 2.75) is 57.5 Å². The van der Waals surface area contributed by atoms with Crippen LogP contribution in [0.1, 0.15) is 59.3 Å². The number of anilines is 2. The Hall–Kier alpha value is -1.86. The van der Waals surface area contributed by atoms with E-state index in [1.165, 1.54) is 48.1 Å². The van der Waals surface area contributed by atoms with Crippen LogP contribution in [0.25, 0.3) is 10.2 Å². The number of rotatable bonds is 4. The second kappa shape index (κ2) is 7.52. The molecule has 0 radical (unpaired) electrons. The maximum absolute atomic E-state index is 12.8. The lowest BCUT2D eigenvalue weighted by atomic mass is 9.89. The molecule has 2 aromatic rings. The predicted molar refractivity (Wildman–Crippen MR) is 113 cm³/mol. The molecule has 0 spiro atoms. The Balaban J connectivity index is 1.51.